The van der Waals surface area contributed by atoms with Gasteiger partial charge in [0.15, 0.2) is 0 Å². The van der Waals surface area contributed by atoms with Crippen molar-refractivity contribution in [3.8, 4) is 0 Å². The average Bonchev–Trinajstić information content (AvgIpc) is 2.00. The summed E-state index contributed by atoms with van der Waals surface area (Å²) in [6.45, 7) is 6.92. The summed E-state index contributed by atoms with van der Waals surface area (Å²) in [4.78, 5) is 11.0. The number of hydrogen-bond acceptors (Lipinski definition) is 4. The quantitative estimate of drug-likeness (QED) is 0.785. The van der Waals surface area contributed by atoms with Gasteiger partial charge < -0.3 is 0 Å². The van der Waals surface area contributed by atoms with Crippen molar-refractivity contribution in [3.05, 3.63) is 0 Å². The van der Waals surface area contributed by atoms with E-state index in [2.05, 4.69) is 4.18 Å². The molecule has 0 aliphatic carbocycles. The molecule has 5 nitrogen and oxygen atoms in total. The Bertz CT molecular complexity index is 282. The van der Waals surface area contributed by atoms with Crippen molar-refractivity contribution in [2.24, 2.45) is 11.8 Å². The summed E-state index contributed by atoms with van der Waals surface area (Å²) in [5, 5.41) is 0. The Morgan fingerprint density at radius 3 is 2.07 bits per heavy atom. The zero-order valence-corrected chi connectivity index (χ0v) is 9.72. The van der Waals surface area contributed by atoms with Gasteiger partial charge in [0.05, 0.1) is 6.61 Å². The van der Waals surface area contributed by atoms with Gasteiger partial charge in [-0.1, -0.05) is 35.1 Å². The molecule has 0 rings (SSSR count). The summed E-state index contributed by atoms with van der Waals surface area (Å²) in [5.74, 6) is -0.845. The van der Waals surface area contributed by atoms with Crippen LogP contribution in [0.15, 0.2) is 0 Å². The van der Waals surface area contributed by atoms with Crippen LogP contribution in [0.4, 0.5) is 0 Å². The first kappa shape index (κ1) is 16.8. The van der Waals surface area contributed by atoms with Gasteiger partial charge in [0.2, 0.25) is 5.91 Å². The molecule has 0 radical (unpaired) electrons. The fraction of sp³-hybridized carbons (Fsp3) is 0.889. The van der Waals surface area contributed by atoms with E-state index in [1.165, 1.54) is 0 Å². The van der Waals surface area contributed by atoms with Gasteiger partial charge in [0.1, 0.15) is 0 Å². The fourth-order valence-corrected chi connectivity index (χ4v) is 1.49. The second-order valence-corrected chi connectivity index (χ2v) is 5.10. The van der Waals surface area contributed by atoms with E-state index in [-0.39, 0.29) is 25.9 Å². The minimum Gasteiger partial charge on any atom is -0.274 e. The molecule has 0 atom stereocenters. The van der Waals surface area contributed by atoms with Crippen LogP contribution in [0.2, 0.25) is 0 Å². The summed E-state index contributed by atoms with van der Waals surface area (Å²) < 4.78 is 28.6. The van der Waals surface area contributed by atoms with E-state index in [1.54, 1.807) is 13.8 Å². The highest BCUT2D eigenvalue weighted by Crippen LogP contribution is 1.99. The number of rotatable bonds is 5. The van der Waals surface area contributed by atoms with Gasteiger partial charge in [-0.15, -0.1) is 0 Å². The van der Waals surface area contributed by atoms with Crippen LogP contribution in [0.25, 0.3) is 0 Å². The van der Waals surface area contributed by atoms with Crippen molar-refractivity contribution >= 4 is 16.2 Å². The van der Waals surface area contributed by atoms with E-state index >= 15 is 0 Å². The van der Waals surface area contributed by atoms with Gasteiger partial charge in [-0.2, -0.15) is 8.42 Å². The van der Waals surface area contributed by atoms with Crippen molar-refractivity contribution < 1.29 is 17.4 Å². The predicted octanol–water partition coefficient (Wildman–Crippen LogP) is 1.31. The second-order valence-electron chi connectivity index (χ2n) is 3.75. The molecule has 0 aromatic carbocycles. The monoisotopic (exact) mass is 239 g/mol. The lowest BCUT2D eigenvalue weighted by atomic mass is 10.2. The molecule has 0 aromatic rings. The van der Waals surface area contributed by atoms with Crippen LogP contribution in [-0.4, -0.2) is 20.9 Å². The van der Waals surface area contributed by atoms with Crippen molar-refractivity contribution in [2.75, 3.05) is 6.61 Å². The topological polar surface area (TPSA) is 72.5 Å². The summed E-state index contributed by atoms with van der Waals surface area (Å²) in [6, 6.07) is 0. The first-order chi connectivity index (χ1) is 6.24. The standard InChI is InChI=1S/C8H17NO4S.CH4/c1-6(2)5-13-14(11,12)9-8(10)7(3)4;/h6-7H,5H2,1-4H3,(H,9,10);1H4. The highest BCUT2D eigenvalue weighted by atomic mass is 32.2. The molecule has 1 N–H and O–H groups in total. The first-order valence-corrected chi connectivity index (χ1v) is 5.86. The Morgan fingerprint density at radius 2 is 1.73 bits per heavy atom. The average molecular weight is 239 g/mol. The van der Waals surface area contributed by atoms with Gasteiger partial charge in [-0.05, 0) is 5.92 Å². The molecule has 0 aromatic heterocycles. The Hall–Kier alpha value is -0.620. The van der Waals surface area contributed by atoms with Crippen molar-refractivity contribution in [1.82, 2.24) is 4.72 Å². The van der Waals surface area contributed by atoms with Crippen LogP contribution in [0, 0.1) is 11.8 Å². The molecular formula is C9H21NO4S. The molecule has 0 spiro atoms. The van der Waals surface area contributed by atoms with Crippen LogP contribution >= 0.6 is 0 Å². The van der Waals surface area contributed by atoms with Gasteiger partial charge in [0.25, 0.3) is 0 Å². The Labute approximate surface area is 92.5 Å². The lowest BCUT2D eigenvalue weighted by molar-refractivity contribution is -0.122. The van der Waals surface area contributed by atoms with Crippen LogP contribution in [0.3, 0.4) is 0 Å². The normalized spacial score (nSPS) is 11.3. The Morgan fingerprint density at radius 1 is 1.27 bits per heavy atom. The molecular weight excluding hydrogens is 218 g/mol. The van der Waals surface area contributed by atoms with E-state index in [9.17, 15) is 13.2 Å². The SMILES string of the molecule is C.CC(C)COS(=O)(=O)NC(=O)C(C)C. The molecule has 0 saturated heterocycles. The Kier molecular flexibility index (Phi) is 7.60. The number of amides is 1. The largest absolute Gasteiger partial charge is 0.362 e. The molecule has 92 valence electrons. The zero-order chi connectivity index (χ0) is 11.4. The number of carbonyl (C=O) groups is 1. The highest BCUT2D eigenvalue weighted by Gasteiger charge is 2.17. The third-order valence-corrected chi connectivity index (χ3v) is 2.20. The maximum absolute atomic E-state index is 11.1. The lowest BCUT2D eigenvalue weighted by Crippen LogP contribution is -2.35. The van der Waals surface area contributed by atoms with E-state index < -0.39 is 16.2 Å². The molecule has 15 heavy (non-hydrogen) atoms. The maximum Gasteiger partial charge on any atom is 0.362 e. The van der Waals surface area contributed by atoms with Crippen LogP contribution in [0.1, 0.15) is 35.1 Å². The molecule has 6 heteroatoms. The summed E-state index contributed by atoms with van der Waals surface area (Å²) in [5.41, 5.74) is 0. The van der Waals surface area contributed by atoms with Crippen LogP contribution in [-0.2, 0) is 19.3 Å². The zero-order valence-electron chi connectivity index (χ0n) is 8.90. The maximum atomic E-state index is 11.1. The van der Waals surface area contributed by atoms with Crippen LogP contribution in [0.5, 0.6) is 0 Å². The predicted molar refractivity (Wildman–Crippen MR) is 59.4 cm³/mol. The molecule has 1 amide bonds. The lowest BCUT2D eigenvalue weighted by Gasteiger charge is -2.09. The molecule has 0 fully saturated rings. The van der Waals surface area contributed by atoms with Gasteiger partial charge in [-0.3, -0.25) is 8.98 Å². The molecule has 0 saturated carbocycles. The van der Waals surface area contributed by atoms with E-state index in [0.717, 1.165) is 0 Å². The van der Waals surface area contributed by atoms with E-state index in [1.807, 2.05) is 18.6 Å². The Balaban J connectivity index is 0. The minimum atomic E-state index is -3.92. The molecule has 0 aliphatic heterocycles. The third kappa shape index (κ3) is 8.38. The van der Waals surface area contributed by atoms with Gasteiger partial charge in [-0.25, -0.2) is 4.72 Å². The minimum absolute atomic E-state index is 0. The molecule has 0 bridgehead atoms. The number of carbonyl (C=O) groups excluding carboxylic acids is 1. The number of nitrogens with one attached hydrogen (secondary N) is 1. The van der Waals surface area contributed by atoms with E-state index in [4.69, 9.17) is 0 Å². The molecule has 0 unspecified atom stereocenters. The summed E-state index contributed by atoms with van der Waals surface area (Å²) in [6.07, 6.45) is 0. The first-order valence-electron chi connectivity index (χ1n) is 4.45. The van der Waals surface area contributed by atoms with E-state index in [0.29, 0.717) is 0 Å². The highest BCUT2D eigenvalue weighted by molar-refractivity contribution is 7.85. The van der Waals surface area contributed by atoms with Crippen LogP contribution < -0.4 is 4.72 Å². The van der Waals surface area contributed by atoms with Gasteiger partial charge >= 0.3 is 10.3 Å². The smallest absolute Gasteiger partial charge is 0.274 e. The molecule has 0 heterocycles. The number of hydrogen-bond donors (Lipinski definition) is 1. The molecule has 0 aliphatic rings. The van der Waals surface area contributed by atoms with Crippen molar-refractivity contribution in [3.63, 3.8) is 0 Å². The summed E-state index contributed by atoms with van der Waals surface area (Å²) in [7, 11) is -3.92. The third-order valence-electron chi connectivity index (χ3n) is 1.31. The fourth-order valence-electron chi connectivity index (χ4n) is 0.496. The second kappa shape index (κ2) is 6.79. The van der Waals surface area contributed by atoms with Gasteiger partial charge in [0, 0.05) is 5.92 Å². The van der Waals surface area contributed by atoms with Crippen molar-refractivity contribution in [2.45, 2.75) is 35.1 Å². The van der Waals surface area contributed by atoms with Crippen molar-refractivity contribution in [1.29, 1.82) is 0 Å². The summed E-state index contributed by atoms with van der Waals surface area (Å²) >= 11 is 0.